The predicted octanol–water partition coefficient (Wildman–Crippen LogP) is 3.50. The second-order valence-corrected chi connectivity index (χ2v) is 6.96. The van der Waals surface area contributed by atoms with Crippen molar-refractivity contribution >= 4 is 11.9 Å². The molecule has 4 nitrogen and oxygen atoms in total. The van der Waals surface area contributed by atoms with E-state index >= 15 is 0 Å². The summed E-state index contributed by atoms with van der Waals surface area (Å²) in [5.41, 5.74) is 1.55. The number of carboxylic acids is 1. The van der Waals surface area contributed by atoms with Crippen molar-refractivity contribution in [2.45, 2.75) is 51.9 Å². The normalized spacial score (nSPS) is 20.7. The van der Waals surface area contributed by atoms with Crippen LogP contribution >= 0.6 is 0 Å². The van der Waals surface area contributed by atoms with E-state index in [4.69, 9.17) is 5.11 Å². The third-order valence-electron chi connectivity index (χ3n) is 4.80. The summed E-state index contributed by atoms with van der Waals surface area (Å²) in [7, 11) is 0. The number of carbonyl (C=O) groups is 2. The van der Waals surface area contributed by atoms with Gasteiger partial charge in [0.15, 0.2) is 0 Å². The van der Waals surface area contributed by atoms with E-state index in [0.717, 1.165) is 32.4 Å². The van der Waals surface area contributed by atoms with E-state index in [1.807, 2.05) is 11.0 Å². The van der Waals surface area contributed by atoms with E-state index in [9.17, 15) is 9.59 Å². The average molecular weight is 317 g/mol. The fourth-order valence-electron chi connectivity index (χ4n) is 3.24. The molecule has 23 heavy (non-hydrogen) atoms. The summed E-state index contributed by atoms with van der Waals surface area (Å²) in [4.78, 5) is 24.7. The SMILES string of the molecule is CC1(CCc2ccccc2)CCN(C(=O)CCCCC(=O)O)C1. The van der Waals surface area contributed by atoms with Crippen LogP contribution in [0.5, 0.6) is 0 Å². The van der Waals surface area contributed by atoms with Crippen LogP contribution in [0.4, 0.5) is 0 Å². The Kier molecular flexibility index (Phi) is 6.20. The Labute approximate surface area is 138 Å². The van der Waals surface area contributed by atoms with Crippen LogP contribution in [0.2, 0.25) is 0 Å². The predicted molar refractivity (Wildman–Crippen MR) is 90.2 cm³/mol. The molecule has 2 rings (SSSR count). The maximum absolute atomic E-state index is 12.2. The highest BCUT2D eigenvalue weighted by Gasteiger charge is 2.35. The maximum atomic E-state index is 12.2. The molecule has 1 atom stereocenters. The molecule has 1 aromatic carbocycles. The second kappa shape index (κ2) is 8.14. The summed E-state index contributed by atoms with van der Waals surface area (Å²) in [5, 5.41) is 8.62. The van der Waals surface area contributed by atoms with E-state index in [1.54, 1.807) is 0 Å². The largest absolute Gasteiger partial charge is 0.481 e. The van der Waals surface area contributed by atoms with Gasteiger partial charge in [-0.1, -0.05) is 37.3 Å². The molecule has 0 radical (unpaired) electrons. The molecule has 0 saturated carbocycles. The van der Waals surface area contributed by atoms with Crippen molar-refractivity contribution in [1.82, 2.24) is 4.90 Å². The van der Waals surface area contributed by atoms with Crippen molar-refractivity contribution < 1.29 is 14.7 Å². The molecule has 4 heteroatoms. The number of unbranched alkanes of at least 4 members (excludes halogenated alkanes) is 1. The summed E-state index contributed by atoms with van der Waals surface area (Å²) in [6.45, 7) is 3.94. The number of benzene rings is 1. The Hall–Kier alpha value is -1.84. The molecule has 0 aromatic heterocycles. The average Bonchev–Trinajstić information content (AvgIpc) is 2.93. The number of likely N-dealkylation sites (tertiary alicyclic amines) is 1. The third-order valence-corrected chi connectivity index (χ3v) is 4.80. The van der Waals surface area contributed by atoms with Crippen LogP contribution in [0.25, 0.3) is 0 Å². The third kappa shape index (κ3) is 5.70. The molecule has 126 valence electrons. The van der Waals surface area contributed by atoms with Gasteiger partial charge in [-0.15, -0.1) is 0 Å². The van der Waals surface area contributed by atoms with Crippen LogP contribution in [0, 0.1) is 5.41 Å². The number of hydrogen-bond acceptors (Lipinski definition) is 2. The standard InChI is InChI=1S/C19H27NO3/c1-19(12-11-16-7-3-2-4-8-16)13-14-20(15-19)17(21)9-5-6-10-18(22)23/h2-4,7-8H,5-6,9-15H2,1H3,(H,22,23). The van der Waals surface area contributed by atoms with Gasteiger partial charge in [0, 0.05) is 25.9 Å². The van der Waals surface area contributed by atoms with Crippen LogP contribution in [-0.2, 0) is 16.0 Å². The van der Waals surface area contributed by atoms with Crippen LogP contribution < -0.4 is 0 Å². The fourth-order valence-corrected chi connectivity index (χ4v) is 3.24. The number of aryl methyl sites for hydroxylation is 1. The van der Waals surface area contributed by atoms with Gasteiger partial charge in [-0.05, 0) is 43.1 Å². The fraction of sp³-hybridized carbons (Fsp3) is 0.579. The molecular weight excluding hydrogens is 290 g/mol. The Balaban J connectivity index is 1.73. The number of hydrogen-bond donors (Lipinski definition) is 1. The van der Waals surface area contributed by atoms with Crippen molar-refractivity contribution in [2.75, 3.05) is 13.1 Å². The first kappa shape index (κ1) is 17.5. The number of carbonyl (C=O) groups excluding carboxylic acids is 1. The van der Waals surface area contributed by atoms with Gasteiger partial charge >= 0.3 is 5.97 Å². The smallest absolute Gasteiger partial charge is 0.303 e. The van der Waals surface area contributed by atoms with Crippen molar-refractivity contribution in [3.63, 3.8) is 0 Å². The van der Waals surface area contributed by atoms with Gasteiger partial charge in [0.25, 0.3) is 0 Å². The van der Waals surface area contributed by atoms with Gasteiger partial charge in [-0.3, -0.25) is 9.59 Å². The van der Waals surface area contributed by atoms with E-state index in [-0.39, 0.29) is 17.7 Å². The summed E-state index contributed by atoms with van der Waals surface area (Å²) >= 11 is 0. The minimum absolute atomic E-state index is 0.155. The molecule has 1 aromatic rings. The Morgan fingerprint density at radius 2 is 1.87 bits per heavy atom. The van der Waals surface area contributed by atoms with Gasteiger partial charge in [-0.2, -0.15) is 0 Å². The number of nitrogens with zero attached hydrogens (tertiary/aromatic N) is 1. The highest BCUT2D eigenvalue weighted by molar-refractivity contribution is 5.76. The van der Waals surface area contributed by atoms with E-state index < -0.39 is 5.97 Å². The molecule has 1 amide bonds. The summed E-state index contributed by atoms with van der Waals surface area (Å²) in [5.74, 6) is -0.606. The van der Waals surface area contributed by atoms with Gasteiger partial charge < -0.3 is 10.0 Å². The topological polar surface area (TPSA) is 57.6 Å². The zero-order valence-electron chi connectivity index (χ0n) is 14.0. The summed E-state index contributed by atoms with van der Waals surface area (Å²) < 4.78 is 0. The molecule has 1 heterocycles. The minimum atomic E-state index is -0.785. The Bertz CT molecular complexity index is 529. The highest BCUT2D eigenvalue weighted by Crippen LogP contribution is 2.35. The maximum Gasteiger partial charge on any atom is 0.303 e. The van der Waals surface area contributed by atoms with E-state index in [1.165, 1.54) is 5.56 Å². The van der Waals surface area contributed by atoms with E-state index in [0.29, 0.717) is 19.3 Å². The zero-order chi connectivity index (χ0) is 16.7. The lowest BCUT2D eigenvalue weighted by Gasteiger charge is -2.24. The Morgan fingerprint density at radius 3 is 2.57 bits per heavy atom. The first-order valence-electron chi connectivity index (χ1n) is 8.52. The quantitative estimate of drug-likeness (QED) is 0.747. The first-order valence-corrected chi connectivity index (χ1v) is 8.52. The molecule has 1 saturated heterocycles. The van der Waals surface area contributed by atoms with Crippen LogP contribution in [-0.4, -0.2) is 35.0 Å². The van der Waals surface area contributed by atoms with Crippen molar-refractivity contribution in [1.29, 1.82) is 0 Å². The molecule has 0 bridgehead atoms. The van der Waals surface area contributed by atoms with Gasteiger partial charge in [0.2, 0.25) is 5.91 Å². The lowest BCUT2D eigenvalue weighted by molar-refractivity contribution is -0.137. The van der Waals surface area contributed by atoms with Crippen LogP contribution in [0.3, 0.4) is 0 Å². The molecule has 1 N–H and O–H groups in total. The van der Waals surface area contributed by atoms with Gasteiger partial charge in [0.1, 0.15) is 0 Å². The van der Waals surface area contributed by atoms with Gasteiger partial charge in [-0.25, -0.2) is 0 Å². The Morgan fingerprint density at radius 1 is 1.17 bits per heavy atom. The molecule has 0 spiro atoms. The second-order valence-electron chi connectivity index (χ2n) is 6.96. The van der Waals surface area contributed by atoms with Crippen LogP contribution in [0.15, 0.2) is 30.3 Å². The minimum Gasteiger partial charge on any atom is -0.481 e. The zero-order valence-corrected chi connectivity index (χ0v) is 14.0. The lowest BCUT2D eigenvalue weighted by atomic mass is 9.83. The molecule has 1 fully saturated rings. The van der Waals surface area contributed by atoms with Gasteiger partial charge in [0.05, 0.1) is 0 Å². The summed E-state index contributed by atoms with van der Waals surface area (Å²) in [6.07, 6.45) is 5.09. The molecule has 1 aliphatic rings. The highest BCUT2D eigenvalue weighted by atomic mass is 16.4. The monoisotopic (exact) mass is 317 g/mol. The van der Waals surface area contributed by atoms with E-state index in [2.05, 4.69) is 31.2 Å². The number of aliphatic carboxylic acids is 1. The van der Waals surface area contributed by atoms with Crippen molar-refractivity contribution in [3.8, 4) is 0 Å². The molecule has 0 aliphatic carbocycles. The number of carboxylic acid groups (broad SMARTS) is 1. The summed E-state index contributed by atoms with van der Waals surface area (Å²) in [6, 6.07) is 10.5. The van der Waals surface area contributed by atoms with Crippen LogP contribution in [0.1, 0.15) is 51.0 Å². The molecule has 1 unspecified atom stereocenters. The number of rotatable bonds is 8. The molecule has 1 aliphatic heterocycles. The lowest BCUT2D eigenvalue weighted by Crippen LogP contribution is -2.31. The first-order chi connectivity index (χ1) is 11.0. The number of amides is 1. The van der Waals surface area contributed by atoms with Crippen molar-refractivity contribution in [3.05, 3.63) is 35.9 Å². The molecular formula is C19H27NO3. The van der Waals surface area contributed by atoms with Crippen molar-refractivity contribution in [2.24, 2.45) is 5.41 Å².